The second-order valence-electron chi connectivity index (χ2n) is 5.69. The summed E-state index contributed by atoms with van der Waals surface area (Å²) in [7, 11) is 0. The molecular weight excluding hydrogens is 302 g/mol. The van der Waals surface area contributed by atoms with Gasteiger partial charge in [0.25, 0.3) is 5.91 Å². The molecule has 0 radical (unpaired) electrons. The topological polar surface area (TPSA) is 62.2 Å². The molecule has 0 saturated heterocycles. The minimum atomic E-state index is -1.17. The van der Waals surface area contributed by atoms with Gasteiger partial charge >= 0.3 is 0 Å². The molecule has 3 rings (SSSR count). The summed E-state index contributed by atoms with van der Waals surface area (Å²) in [6, 6.07) is 8.34. The van der Waals surface area contributed by atoms with Crippen molar-refractivity contribution in [2.75, 3.05) is 0 Å². The maximum absolute atomic E-state index is 13.8. The fraction of sp³-hybridized carbons (Fsp3) is 0.294. The minimum absolute atomic E-state index is 0.0143. The first kappa shape index (κ1) is 15.6. The molecule has 0 bridgehead atoms. The van der Waals surface area contributed by atoms with Crippen LogP contribution in [0.1, 0.15) is 34.9 Å². The summed E-state index contributed by atoms with van der Waals surface area (Å²) in [5.74, 6) is -2.91. The number of aliphatic hydroxyl groups is 1. The van der Waals surface area contributed by atoms with Crippen molar-refractivity contribution >= 4 is 5.91 Å². The Bertz CT molecular complexity index is 703. The number of carbonyl (C=O) groups excluding carboxylic acids is 1. The van der Waals surface area contributed by atoms with E-state index >= 15 is 0 Å². The number of rotatable bonds is 4. The number of aliphatic hydroxyl groups excluding tert-OH is 1. The van der Waals surface area contributed by atoms with Crippen molar-refractivity contribution in [3.63, 3.8) is 0 Å². The van der Waals surface area contributed by atoms with Crippen LogP contribution in [0.3, 0.4) is 0 Å². The number of pyridine rings is 1. The van der Waals surface area contributed by atoms with E-state index in [9.17, 15) is 18.7 Å². The molecule has 2 aromatic rings. The Balaban J connectivity index is 1.84. The van der Waals surface area contributed by atoms with Crippen molar-refractivity contribution in [2.24, 2.45) is 5.92 Å². The van der Waals surface area contributed by atoms with Gasteiger partial charge in [-0.1, -0.05) is 12.1 Å². The molecule has 1 saturated carbocycles. The van der Waals surface area contributed by atoms with E-state index in [2.05, 4.69) is 10.3 Å². The number of hydrogen-bond donors (Lipinski definition) is 2. The Kier molecular flexibility index (Phi) is 4.34. The largest absolute Gasteiger partial charge is 0.393 e. The molecule has 0 aliphatic heterocycles. The van der Waals surface area contributed by atoms with E-state index < -0.39 is 29.7 Å². The molecule has 1 aromatic heterocycles. The molecular formula is C17H16F2N2O2. The Morgan fingerprint density at radius 2 is 2.00 bits per heavy atom. The van der Waals surface area contributed by atoms with Crippen molar-refractivity contribution in [1.82, 2.24) is 10.3 Å². The molecule has 1 fully saturated rings. The molecule has 23 heavy (non-hydrogen) atoms. The van der Waals surface area contributed by atoms with Crippen molar-refractivity contribution in [3.05, 3.63) is 65.5 Å². The molecule has 1 atom stereocenters. The van der Waals surface area contributed by atoms with Gasteiger partial charge in [-0.15, -0.1) is 0 Å². The Labute approximate surface area is 132 Å². The maximum Gasteiger partial charge on any atom is 0.254 e. The van der Waals surface area contributed by atoms with E-state index in [-0.39, 0.29) is 11.5 Å². The molecule has 1 aliphatic carbocycles. The quantitative estimate of drug-likeness (QED) is 0.911. The van der Waals surface area contributed by atoms with E-state index in [0.717, 1.165) is 6.07 Å². The Morgan fingerprint density at radius 3 is 2.65 bits per heavy atom. The highest BCUT2D eigenvalue weighted by Crippen LogP contribution is 2.37. The highest BCUT2D eigenvalue weighted by molar-refractivity contribution is 5.94. The van der Waals surface area contributed by atoms with E-state index in [1.165, 1.54) is 12.1 Å². The first-order valence-corrected chi connectivity index (χ1v) is 7.40. The number of nitrogens with zero attached hydrogens (tertiary/aromatic N) is 1. The van der Waals surface area contributed by atoms with Crippen LogP contribution in [-0.2, 0) is 0 Å². The molecule has 1 aliphatic rings. The highest BCUT2D eigenvalue weighted by atomic mass is 19.2. The number of halogens is 2. The lowest BCUT2D eigenvalue weighted by Gasteiger charge is -2.37. The summed E-state index contributed by atoms with van der Waals surface area (Å²) in [5.41, 5.74) is 0.292. The molecule has 1 aromatic carbocycles. The average molecular weight is 318 g/mol. The Morgan fingerprint density at radius 1 is 1.22 bits per heavy atom. The van der Waals surface area contributed by atoms with Gasteiger partial charge in [-0.3, -0.25) is 9.78 Å². The van der Waals surface area contributed by atoms with Gasteiger partial charge in [-0.05, 0) is 43.0 Å². The monoisotopic (exact) mass is 318 g/mol. The van der Waals surface area contributed by atoms with Crippen LogP contribution in [0.5, 0.6) is 0 Å². The predicted molar refractivity (Wildman–Crippen MR) is 79.5 cm³/mol. The van der Waals surface area contributed by atoms with E-state index in [1.807, 2.05) is 0 Å². The molecule has 1 amide bonds. The van der Waals surface area contributed by atoms with Gasteiger partial charge in [0.2, 0.25) is 0 Å². The van der Waals surface area contributed by atoms with Crippen LogP contribution < -0.4 is 5.32 Å². The lowest BCUT2D eigenvalue weighted by atomic mass is 9.76. The second kappa shape index (κ2) is 6.42. The van der Waals surface area contributed by atoms with E-state index in [4.69, 9.17) is 0 Å². The van der Waals surface area contributed by atoms with Gasteiger partial charge in [0.15, 0.2) is 11.6 Å². The smallest absolute Gasteiger partial charge is 0.254 e. The first-order valence-electron chi connectivity index (χ1n) is 7.40. The zero-order valence-corrected chi connectivity index (χ0v) is 12.2. The lowest BCUT2D eigenvalue weighted by molar-refractivity contribution is 0.0227. The first-order chi connectivity index (χ1) is 11.1. The van der Waals surface area contributed by atoms with Crippen molar-refractivity contribution < 1.29 is 18.7 Å². The van der Waals surface area contributed by atoms with Crippen LogP contribution in [0, 0.1) is 17.6 Å². The summed E-state index contributed by atoms with van der Waals surface area (Å²) in [6.45, 7) is 0. The molecule has 2 N–H and O–H groups in total. The third-order valence-electron chi connectivity index (χ3n) is 4.11. The van der Waals surface area contributed by atoms with Crippen LogP contribution >= 0.6 is 0 Å². The fourth-order valence-electron chi connectivity index (χ4n) is 2.79. The zero-order chi connectivity index (χ0) is 16.4. The number of hydrogen-bond acceptors (Lipinski definition) is 3. The van der Waals surface area contributed by atoms with Crippen molar-refractivity contribution in [2.45, 2.75) is 25.0 Å². The number of amides is 1. The van der Waals surface area contributed by atoms with Gasteiger partial charge in [-0.2, -0.15) is 0 Å². The van der Waals surface area contributed by atoms with Crippen molar-refractivity contribution in [3.8, 4) is 0 Å². The van der Waals surface area contributed by atoms with Gasteiger partial charge in [-0.25, -0.2) is 8.78 Å². The lowest BCUT2D eigenvalue weighted by Crippen LogP contribution is -2.42. The van der Waals surface area contributed by atoms with Crippen LogP contribution in [0.25, 0.3) is 0 Å². The maximum atomic E-state index is 13.8. The third kappa shape index (κ3) is 3.22. The summed E-state index contributed by atoms with van der Waals surface area (Å²) >= 11 is 0. The number of aromatic nitrogens is 1. The molecule has 1 heterocycles. The summed E-state index contributed by atoms with van der Waals surface area (Å²) in [5, 5.41) is 12.2. The van der Waals surface area contributed by atoms with Crippen LogP contribution in [0.2, 0.25) is 0 Å². The van der Waals surface area contributed by atoms with Crippen LogP contribution in [0.15, 0.2) is 42.6 Å². The number of benzene rings is 1. The van der Waals surface area contributed by atoms with Gasteiger partial charge in [0.1, 0.15) is 0 Å². The van der Waals surface area contributed by atoms with Crippen molar-refractivity contribution in [1.29, 1.82) is 0 Å². The molecule has 120 valence electrons. The van der Waals surface area contributed by atoms with Gasteiger partial charge in [0.05, 0.1) is 23.4 Å². The van der Waals surface area contributed by atoms with Crippen LogP contribution in [0.4, 0.5) is 8.78 Å². The molecule has 4 nitrogen and oxygen atoms in total. The van der Waals surface area contributed by atoms with Gasteiger partial charge < -0.3 is 10.4 Å². The number of carbonyl (C=O) groups is 1. The normalized spacial score (nSPS) is 21.3. The number of nitrogens with one attached hydrogen (secondary N) is 1. The summed E-state index contributed by atoms with van der Waals surface area (Å²) in [4.78, 5) is 16.5. The minimum Gasteiger partial charge on any atom is -0.393 e. The highest BCUT2D eigenvalue weighted by Gasteiger charge is 2.36. The molecule has 0 unspecified atom stereocenters. The average Bonchev–Trinajstić information content (AvgIpc) is 2.53. The summed E-state index contributed by atoms with van der Waals surface area (Å²) < 4.78 is 27.1. The van der Waals surface area contributed by atoms with E-state index in [1.54, 1.807) is 24.4 Å². The Hall–Kier alpha value is -2.34. The third-order valence-corrected chi connectivity index (χ3v) is 4.11. The zero-order valence-electron chi connectivity index (χ0n) is 12.2. The fourth-order valence-corrected chi connectivity index (χ4v) is 2.79. The predicted octanol–water partition coefficient (Wildman–Crippen LogP) is 2.60. The molecule has 6 heteroatoms. The molecule has 0 spiro atoms. The van der Waals surface area contributed by atoms with Gasteiger partial charge in [0, 0.05) is 6.20 Å². The SMILES string of the molecule is O=C(N[C@H](c1ccccn1)C1CC(O)C1)c1cccc(F)c1F. The van der Waals surface area contributed by atoms with Crippen LogP contribution in [-0.4, -0.2) is 22.1 Å². The standard InChI is InChI=1S/C17H16F2N2O2/c18-13-5-3-4-12(15(13)19)17(23)21-16(10-8-11(22)9-10)14-6-1-2-7-20-14/h1-7,10-11,16,22H,8-9H2,(H,21,23)/t10?,11?,16-/m0/s1. The van der Waals surface area contributed by atoms with E-state index in [0.29, 0.717) is 18.5 Å². The summed E-state index contributed by atoms with van der Waals surface area (Å²) in [6.07, 6.45) is 2.28. The second-order valence-corrected chi connectivity index (χ2v) is 5.69.